The minimum absolute atomic E-state index is 0.655. The Balaban J connectivity index is 1.59. The van der Waals surface area contributed by atoms with Crippen molar-refractivity contribution in [3.8, 4) is 11.4 Å². The molecule has 0 atom stereocenters. The molecule has 0 aromatic carbocycles. The van der Waals surface area contributed by atoms with Crippen LogP contribution in [-0.2, 0) is 6.42 Å². The van der Waals surface area contributed by atoms with Crippen LogP contribution >= 0.6 is 0 Å². The van der Waals surface area contributed by atoms with E-state index in [0.717, 1.165) is 43.3 Å². The molecule has 2 aromatic heterocycles. The van der Waals surface area contributed by atoms with E-state index < -0.39 is 0 Å². The molecule has 1 aliphatic heterocycles. The molecule has 1 saturated heterocycles. The van der Waals surface area contributed by atoms with E-state index in [1.54, 1.807) is 12.4 Å². The zero-order valence-corrected chi connectivity index (χ0v) is 10.9. The SMILES string of the molecule is c1cc(-c2noc(CCC3CCNCC3)n2)ccn1. The predicted molar refractivity (Wildman–Crippen MR) is 71.4 cm³/mol. The molecular formula is C14H18N4O. The van der Waals surface area contributed by atoms with Crippen LogP contribution in [0.15, 0.2) is 29.0 Å². The summed E-state index contributed by atoms with van der Waals surface area (Å²) in [5.74, 6) is 2.19. The normalized spacial score (nSPS) is 16.6. The number of rotatable bonds is 4. The maximum atomic E-state index is 5.31. The molecule has 0 unspecified atom stereocenters. The standard InChI is InChI=1S/C14H18N4O/c1(11-3-7-15-8-4-11)2-13-17-14(18-19-13)12-5-9-16-10-6-12/h5-6,9-11,15H,1-4,7-8H2. The zero-order valence-electron chi connectivity index (χ0n) is 10.9. The van der Waals surface area contributed by atoms with Crippen LogP contribution in [0.25, 0.3) is 11.4 Å². The van der Waals surface area contributed by atoms with Crippen molar-refractivity contribution in [3.63, 3.8) is 0 Å². The van der Waals surface area contributed by atoms with Crippen LogP contribution in [0.4, 0.5) is 0 Å². The van der Waals surface area contributed by atoms with E-state index in [1.165, 1.54) is 12.8 Å². The van der Waals surface area contributed by atoms with E-state index in [2.05, 4.69) is 20.4 Å². The van der Waals surface area contributed by atoms with Gasteiger partial charge in [-0.05, 0) is 50.4 Å². The third-order valence-electron chi connectivity index (χ3n) is 3.63. The fraction of sp³-hybridized carbons (Fsp3) is 0.500. The van der Waals surface area contributed by atoms with Gasteiger partial charge in [-0.1, -0.05) is 5.16 Å². The monoisotopic (exact) mass is 258 g/mol. The molecule has 0 saturated carbocycles. The molecule has 3 rings (SSSR count). The molecule has 0 bridgehead atoms. The van der Waals surface area contributed by atoms with Gasteiger partial charge in [0.05, 0.1) is 0 Å². The Morgan fingerprint density at radius 1 is 1.21 bits per heavy atom. The van der Waals surface area contributed by atoms with E-state index in [9.17, 15) is 0 Å². The first-order valence-electron chi connectivity index (χ1n) is 6.85. The summed E-state index contributed by atoms with van der Waals surface area (Å²) in [4.78, 5) is 8.43. The Morgan fingerprint density at radius 3 is 2.79 bits per heavy atom. The first-order chi connectivity index (χ1) is 9.42. The van der Waals surface area contributed by atoms with Crippen LogP contribution in [0.1, 0.15) is 25.2 Å². The quantitative estimate of drug-likeness (QED) is 0.909. The molecule has 2 aromatic rings. The number of piperidine rings is 1. The van der Waals surface area contributed by atoms with E-state index in [4.69, 9.17) is 4.52 Å². The minimum Gasteiger partial charge on any atom is -0.339 e. The van der Waals surface area contributed by atoms with Crippen LogP contribution < -0.4 is 5.32 Å². The molecule has 0 aliphatic carbocycles. The Hall–Kier alpha value is -1.75. The molecule has 0 amide bonds. The summed E-state index contributed by atoms with van der Waals surface area (Å²) < 4.78 is 5.31. The van der Waals surface area contributed by atoms with Crippen molar-refractivity contribution in [1.82, 2.24) is 20.4 Å². The molecule has 1 aliphatic rings. The van der Waals surface area contributed by atoms with Crippen LogP contribution in [0.2, 0.25) is 0 Å². The number of nitrogens with zero attached hydrogens (tertiary/aromatic N) is 3. The smallest absolute Gasteiger partial charge is 0.226 e. The highest BCUT2D eigenvalue weighted by atomic mass is 16.5. The first kappa shape index (κ1) is 12.3. The highest BCUT2D eigenvalue weighted by Crippen LogP contribution is 2.20. The summed E-state index contributed by atoms with van der Waals surface area (Å²) in [5.41, 5.74) is 0.951. The second-order valence-corrected chi connectivity index (χ2v) is 4.98. The summed E-state index contributed by atoms with van der Waals surface area (Å²) in [7, 11) is 0. The summed E-state index contributed by atoms with van der Waals surface area (Å²) in [6.45, 7) is 2.27. The van der Waals surface area contributed by atoms with E-state index in [1.807, 2.05) is 12.1 Å². The Kier molecular flexibility index (Phi) is 3.83. The number of nitrogens with one attached hydrogen (secondary N) is 1. The van der Waals surface area contributed by atoms with Crippen LogP contribution in [0.5, 0.6) is 0 Å². The van der Waals surface area contributed by atoms with Gasteiger partial charge >= 0.3 is 0 Å². The highest BCUT2D eigenvalue weighted by molar-refractivity contribution is 5.52. The first-order valence-corrected chi connectivity index (χ1v) is 6.85. The maximum absolute atomic E-state index is 5.31. The molecule has 3 heterocycles. The Bertz CT molecular complexity index is 505. The second kappa shape index (κ2) is 5.93. The molecule has 1 N–H and O–H groups in total. The van der Waals surface area contributed by atoms with Gasteiger partial charge in [-0.2, -0.15) is 4.98 Å². The van der Waals surface area contributed by atoms with Crippen molar-refractivity contribution in [2.45, 2.75) is 25.7 Å². The lowest BCUT2D eigenvalue weighted by molar-refractivity contribution is 0.324. The molecule has 1 fully saturated rings. The highest BCUT2D eigenvalue weighted by Gasteiger charge is 2.15. The summed E-state index contributed by atoms with van der Waals surface area (Å²) in [5, 5.41) is 7.41. The number of hydrogen-bond donors (Lipinski definition) is 1. The summed E-state index contributed by atoms with van der Waals surface area (Å²) in [6.07, 6.45) is 8.00. The predicted octanol–water partition coefficient (Wildman–Crippen LogP) is 2.06. The van der Waals surface area contributed by atoms with Gasteiger partial charge in [0.25, 0.3) is 0 Å². The molecule has 0 radical (unpaired) electrons. The van der Waals surface area contributed by atoms with Gasteiger partial charge in [0.15, 0.2) is 0 Å². The van der Waals surface area contributed by atoms with Crippen LogP contribution in [-0.4, -0.2) is 28.2 Å². The van der Waals surface area contributed by atoms with Crippen LogP contribution in [0.3, 0.4) is 0 Å². The van der Waals surface area contributed by atoms with Crippen molar-refractivity contribution in [3.05, 3.63) is 30.4 Å². The lowest BCUT2D eigenvalue weighted by Crippen LogP contribution is -2.27. The van der Waals surface area contributed by atoms with Crippen molar-refractivity contribution in [1.29, 1.82) is 0 Å². The van der Waals surface area contributed by atoms with Crippen molar-refractivity contribution in [2.75, 3.05) is 13.1 Å². The number of aromatic nitrogens is 3. The van der Waals surface area contributed by atoms with E-state index >= 15 is 0 Å². The van der Waals surface area contributed by atoms with Gasteiger partial charge in [0.2, 0.25) is 11.7 Å². The lowest BCUT2D eigenvalue weighted by atomic mass is 9.93. The van der Waals surface area contributed by atoms with Gasteiger partial charge in [-0.3, -0.25) is 4.98 Å². The fourth-order valence-electron chi connectivity index (χ4n) is 2.47. The van der Waals surface area contributed by atoms with Crippen LogP contribution in [0, 0.1) is 5.92 Å². The lowest BCUT2D eigenvalue weighted by Gasteiger charge is -2.21. The fourth-order valence-corrected chi connectivity index (χ4v) is 2.47. The van der Waals surface area contributed by atoms with E-state index in [-0.39, 0.29) is 0 Å². The molecule has 0 spiro atoms. The van der Waals surface area contributed by atoms with Gasteiger partial charge in [-0.25, -0.2) is 0 Å². The topological polar surface area (TPSA) is 63.8 Å². The van der Waals surface area contributed by atoms with Crippen molar-refractivity contribution in [2.24, 2.45) is 5.92 Å². The molecular weight excluding hydrogens is 240 g/mol. The Morgan fingerprint density at radius 2 is 2.00 bits per heavy atom. The number of pyridine rings is 1. The second-order valence-electron chi connectivity index (χ2n) is 4.98. The third kappa shape index (κ3) is 3.17. The van der Waals surface area contributed by atoms with Crippen molar-refractivity contribution < 1.29 is 4.52 Å². The summed E-state index contributed by atoms with van der Waals surface area (Å²) in [6, 6.07) is 3.78. The molecule has 100 valence electrons. The average molecular weight is 258 g/mol. The van der Waals surface area contributed by atoms with Crippen molar-refractivity contribution >= 4 is 0 Å². The third-order valence-corrected chi connectivity index (χ3v) is 3.63. The average Bonchev–Trinajstić information content (AvgIpc) is 2.96. The molecule has 5 nitrogen and oxygen atoms in total. The van der Waals surface area contributed by atoms with E-state index in [0.29, 0.717) is 5.82 Å². The van der Waals surface area contributed by atoms with Gasteiger partial charge in [0.1, 0.15) is 0 Å². The number of aryl methyl sites for hydroxylation is 1. The zero-order chi connectivity index (χ0) is 12.9. The largest absolute Gasteiger partial charge is 0.339 e. The maximum Gasteiger partial charge on any atom is 0.226 e. The van der Waals surface area contributed by atoms with Gasteiger partial charge in [0, 0.05) is 24.4 Å². The Labute approximate surface area is 112 Å². The van der Waals surface area contributed by atoms with Gasteiger partial charge in [-0.15, -0.1) is 0 Å². The summed E-state index contributed by atoms with van der Waals surface area (Å²) >= 11 is 0. The minimum atomic E-state index is 0.655. The number of hydrogen-bond acceptors (Lipinski definition) is 5. The molecule has 19 heavy (non-hydrogen) atoms. The van der Waals surface area contributed by atoms with Gasteiger partial charge < -0.3 is 9.84 Å². The molecule has 5 heteroatoms.